The minimum absolute atomic E-state index is 0.0681. The smallest absolute Gasteiger partial charge is 0.243 e. The summed E-state index contributed by atoms with van der Waals surface area (Å²) < 4.78 is 26.8. The molecule has 0 atom stereocenters. The highest BCUT2D eigenvalue weighted by atomic mass is 32.2. The summed E-state index contributed by atoms with van der Waals surface area (Å²) >= 11 is 1.62. The number of carbonyl (C=O) groups excluding carboxylic acids is 2. The van der Waals surface area contributed by atoms with Crippen molar-refractivity contribution in [2.24, 2.45) is 0 Å². The first-order valence-corrected chi connectivity index (χ1v) is 12.2. The zero-order chi connectivity index (χ0) is 21.7. The van der Waals surface area contributed by atoms with Crippen LogP contribution in [0.25, 0.3) is 0 Å². The van der Waals surface area contributed by atoms with Gasteiger partial charge < -0.3 is 9.80 Å². The van der Waals surface area contributed by atoms with E-state index in [2.05, 4.69) is 0 Å². The Kier molecular flexibility index (Phi) is 7.27. The molecule has 1 saturated heterocycles. The first-order valence-electron chi connectivity index (χ1n) is 9.89. The molecule has 0 aliphatic carbocycles. The van der Waals surface area contributed by atoms with Gasteiger partial charge in [0, 0.05) is 50.9 Å². The number of rotatable bonds is 7. The van der Waals surface area contributed by atoms with Crippen molar-refractivity contribution >= 4 is 33.2 Å². The third-order valence-electron chi connectivity index (χ3n) is 5.30. The standard InChI is InChI=1S/C21H27N3O4S2/c1-17-10-15-29-19(17)16-22(2)20(25)8-9-21(26)23-11-13-24(14-12-23)30(27,28)18-6-4-3-5-7-18/h3-7,10,15H,8-9,11-14,16H2,1-2H3. The highest BCUT2D eigenvalue weighted by molar-refractivity contribution is 7.89. The summed E-state index contributed by atoms with van der Waals surface area (Å²) in [5.74, 6) is -0.178. The van der Waals surface area contributed by atoms with Crippen molar-refractivity contribution < 1.29 is 18.0 Å². The molecule has 1 aromatic carbocycles. The van der Waals surface area contributed by atoms with Crippen LogP contribution in [0.15, 0.2) is 46.7 Å². The number of thiophene rings is 1. The second-order valence-electron chi connectivity index (χ2n) is 7.37. The fraction of sp³-hybridized carbons (Fsp3) is 0.429. The van der Waals surface area contributed by atoms with E-state index >= 15 is 0 Å². The molecule has 1 aliphatic heterocycles. The van der Waals surface area contributed by atoms with Crippen molar-refractivity contribution in [2.75, 3.05) is 33.2 Å². The molecule has 0 bridgehead atoms. The quantitative estimate of drug-likeness (QED) is 0.650. The summed E-state index contributed by atoms with van der Waals surface area (Å²) in [4.78, 5) is 29.6. The van der Waals surface area contributed by atoms with Crippen LogP contribution in [0.1, 0.15) is 23.3 Å². The molecule has 2 heterocycles. The maximum absolute atomic E-state index is 12.7. The zero-order valence-electron chi connectivity index (χ0n) is 17.3. The molecule has 0 radical (unpaired) electrons. The summed E-state index contributed by atoms with van der Waals surface area (Å²) in [6, 6.07) is 10.3. The average molecular weight is 450 g/mol. The molecule has 3 rings (SSSR count). The van der Waals surface area contributed by atoms with Gasteiger partial charge in [-0.05, 0) is 36.1 Å². The van der Waals surface area contributed by atoms with Crippen LogP contribution >= 0.6 is 11.3 Å². The lowest BCUT2D eigenvalue weighted by atomic mass is 10.2. The molecule has 2 aromatic rings. The molecule has 9 heteroatoms. The summed E-state index contributed by atoms with van der Waals surface area (Å²) in [6.45, 7) is 3.76. The molecule has 1 fully saturated rings. The van der Waals surface area contributed by atoms with E-state index in [1.54, 1.807) is 58.5 Å². The van der Waals surface area contributed by atoms with Crippen LogP contribution in [-0.2, 0) is 26.2 Å². The van der Waals surface area contributed by atoms with Gasteiger partial charge in [-0.3, -0.25) is 9.59 Å². The monoisotopic (exact) mass is 449 g/mol. The predicted molar refractivity (Wildman–Crippen MR) is 117 cm³/mol. The van der Waals surface area contributed by atoms with Gasteiger partial charge in [-0.25, -0.2) is 8.42 Å². The third-order valence-corrected chi connectivity index (χ3v) is 8.22. The molecule has 1 aliphatic rings. The molecule has 30 heavy (non-hydrogen) atoms. The number of piperazine rings is 1. The van der Waals surface area contributed by atoms with Crippen molar-refractivity contribution in [2.45, 2.75) is 31.2 Å². The van der Waals surface area contributed by atoms with Gasteiger partial charge in [0.05, 0.1) is 11.4 Å². The SMILES string of the molecule is Cc1ccsc1CN(C)C(=O)CCC(=O)N1CCN(S(=O)(=O)c2ccccc2)CC1. The first kappa shape index (κ1) is 22.5. The molecule has 7 nitrogen and oxygen atoms in total. The fourth-order valence-corrected chi connectivity index (χ4v) is 5.75. The van der Waals surface area contributed by atoms with Crippen LogP contribution in [0.3, 0.4) is 0 Å². The van der Waals surface area contributed by atoms with Crippen LogP contribution in [0, 0.1) is 6.92 Å². The van der Waals surface area contributed by atoms with Crippen molar-refractivity contribution in [3.05, 3.63) is 52.2 Å². The Labute approximate surface area is 182 Å². The molecule has 0 unspecified atom stereocenters. The lowest BCUT2D eigenvalue weighted by molar-refractivity contribution is -0.137. The number of amides is 2. The molecule has 2 amide bonds. The van der Waals surface area contributed by atoms with Gasteiger partial charge in [-0.15, -0.1) is 11.3 Å². The van der Waals surface area contributed by atoms with E-state index < -0.39 is 10.0 Å². The van der Waals surface area contributed by atoms with Crippen molar-refractivity contribution in [3.63, 3.8) is 0 Å². The molecule has 1 aromatic heterocycles. The topological polar surface area (TPSA) is 78.0 Å². The highest BCUT2D eigenvalue weighted by Gasteiger charge is 2.30. The first-order chi connectivity index (χ1) is 14.3. The maximum atomic E-state index is 12.7. The molecular formula is C21H27N3O4S2. The van der Waals surface area contributed by atoms with Gasteiger partial charge in [-0.1, -0.05) is 18.2 Å². The second-order valence-corrected chi connectivity index (χ2v) is 10.3. The van der Waals surface area contributed by atoms with Gasteiger partial charge in [0.1, 0.15) is 0 Å². The number of benzene rings is 1. The van der Waals surface area contributed by atoms with Crippen molar-refractivity contribution in [1.29, 1.82) is 0 Å². The fourth-order valence-electron chi connectivity index (χ4n) is 3.35. The number of carbonyl (C=O) groups is 2. The normalized spacial score (nSPS) is 15.2. The number of hydrogen-bond acceptors (Lipinski definition) is 5. The highest BCUT2D eigenvalue weighted by Crippen LogP contribution is 2.19. The lowest BCUT2D eigenvalue weighted by Gasteiger charge is -2.34. The van der Waals surface area contributed by atoms with Crippen LogP contribution in [0.5, 0.6) is 0 Å². The third kappa shape index (κ3) is 5.27. The average Bonchev–Trinajstić information content (AvgIpc) is 3.16. The van der Waals surface area contributed by atoms with Crippen molar-refractivity contribution in [1.82, 2.24) is 14.1 Å². The Balaban J connectivity index is 1.46. The van der Waals surface area contributed by atoms with Crippen LogP contribution < -0.4 is 0 Å². The minimum atomic E-state index is -3.54. The zero-order valence-corrected chi connectivity index (χ0v) is 18.9. The Bertz CT molecular complexity index is 981. The molecular weight excluding hydrogens is 422 g/mol. The van der Waals surface area contributed by atoms with E-state index in [0.29, 0.717) is 19.6 Å². The number of hydrogen-bond donors (Lipinski definition) is 0. The maximum Gasteiger partial charge on any atom is 0.243 e. The lowest BCUT2D eigenvalue weighted by Crippen LogP contribution is -2.50. The van der Waals surface area contributed by atoms with E-state index in [9.17, 15) is 18.0 Å². The Morgan fingerprint density at radius 2 is 1.70 bits per heavy atom. The molecule has 0 spiro atoms. The van der Waals surface area contributed by atoms with E-state index in [-0.39, 0.29) is 42.6 Å². The van der Waals surface area contributed by atoms with Crippen LogP contribution in [0.4, 0.5) is 0 Å². The largest absolute Gasteiger partial charge is 0.341 e. The van der Waals surface area contributed by atoms with Gasteiger partial charge in [-0.2, -0.15) is 4.31 Å². The van der Waals surface area contributed by atoms with E-state index in [4.69, 9.17) is 0 Å². The molecule has 0 N–H and O–H groups in total. The number of nitrogens with zero attached hydrogens (tertiary/aromatic N) is 3. The van der Waals surface area contributed by atoms with E-state index in [0.717, 1.165) is 4.88 Å². The van der Waals surface area contributed by atoms with Gasteiger partial charge in [0.2, 0.25) is 21.8 Å². The summed E-state index contributed by atoms with van der Waals surface area (Å²) in [5, 5.41) is 2.00. The van der Waals surface area contributed by atoms with Crippen LogP contribution in [-0.4, -0.2) is 67.6 Å². The predicted octanol–water partition coefficient (Wildman–Crippen LogP) is 2.33. The second kappa shape index (κ2) is 9.72. The van der Waals surface area contributed by atoms with Crippen LogP contribution in [0.2, 0.25) is 0 Å². The summed E-state index contributed by atoms with van der Waals surface area (Å²) in [5.41, 5.74) is 1.17. The summed E-state index contributed by atoms with van der Waals surface area (Å²) in [6.07, 6.45) is 0.292. The molecule has 162 valence electrons. The van der Waals surface area contributed by atoms with E-state index in [1.807, 2.05) is 18.4 Å². The minimum Gasteiger partial charge on any atom is -0.341 e. The van der Waals surface area contributed by atoms with Gasteiger partial charge in [0.15, 0.2) is 0 Å². The summed E-state index contributed by atoms with van der Waals surface area (Å²) in [7, 11) is -1.79. The number of aryl methyl sites for hydroxylation is 1. The van der Waals surface area contributed by atoms with Gasteiger partial charge in [0.25, 0.3) is 0 Å². The number of sulfonamides is 1. The Hall–Kier alpha value is -2.23. The molecule has 0 saturated carbocycles. The van der Waals surface area contributed by atoms with Gasteiger partial charge >= 0.3 is 0 Å². The van der Waals surface area contributed by atoms with E-state index in [1.165, 1.54) is 9.87 Å². The Morgan fingerprint density at radius 3 is 2.30 bits per heavy atom. The van der Waals surface area contributed by atoms with Crippen molar-refractivity contribution in [3.8, 4) is 0 Å². The Morgan fingerprint density at radius 1 is 1.03 bits per heavy atom.